The van der Waals surface area contributed by atoms with Gasteiger partial charge in [0, 0.05) is 26.7 Å². The van der Waals surface area contributed by atoms with E-state index >= 15 is 0 Å². The van der Waals surface area contributed by atoms with Gasteiger partial charge in [0.2, 0.25) is 0 Å². The van der Waals surface area contributed by atoms with Crippen LogP contribution in [0.4, 0.5) is 0 Å². The standard InChI is InChI=1S/C16H19N5S.HI/c1-17-16(19-10-13-6-9-22-11-13)18-7-8-21-12-20-14-4-2-3-5-15(14)21;/h2-6,9,11-12H,7-8,10H2,1H3,(H2,17,18,19);1H. The molecule has 0 bridgehead atoms. The van der Waals surface area contributed by atoms with Crippen LogP contribution in [0.2, 0.25) is 0 Å². The van der Waals surface area contributed by atoms with E-state index in [1.807, 2.05) is 24.5 Å². The van der Waals surface area contributed by atoms with Crippen molar-refractivity contribution in [1.29, 1.82) is 0 Å². The molecular weight excluding hydrogens is 421 g/mol. The van der Waals surface area contributed by atoms with Gasteiger partial charge in [0.25, 0.3) is 0 Å². The van der Waals surface area contributed by atoms with Gasteiger partial charge in [-0.15, -0.1) is 24.0 Å². The Morgan fingerprint density at radius 2 is 2.13 bits per heavy atom. The Labute approximate surface area is 156 Å². The molecule has 0 aliphatic rings. The number of aromatic nitrogens is 2. The van der Waals surface area contributed by atoms with Gasteiger partial charge in [0.05, 0.1) is 17.4 Å². The van der Waals surface area contributed by atoms with Crippen molar-refractivity contribution in [2.24, 2.45) is 4.99 Å². The second-order valence-corrected chi connectivity index (χ2v) is 5.69. The van der Waals surface area contributed by atoms with E-state index in [2.05, 4.69) is 48.1 Å². The highest BCUT2D eigenvalue weighted by Gasteiger charge is 2.02. The first-order valence-electron chi connectivity index (χ1n) is 7.22. The zero-order valence-corrected chi connectivity index (χ0v) is 16.0. The van der Waals surface area contributed by atoms with Crippen LogP contribution in [-0.2, 0) is 13.1 Å². The third-order valence-electron chi connectivity index (χ3n) is 3.44. The summed E-state index contributed by atoms with van der Waals surface area (Å²) in [6.45, 7) is 2.43. The summed E-state index contributed by atoms with van der Waals surface area (Å²) in [4.78, 5) is 8.64. The highest BCUT2D eigenvalue weighted by Crippen LogP contribution is 2.11. The average Bonchev–Trinajstić information content (AvgIpc) is 3.20. The number of rotatable bonds is 5. The van der Waals surface area contributed by atoms with Gasteiger partial charge in [-0.3, -0.25) is 4.99 Å². The van der Waals surface area contributed by atoms with E-state index in [9.17, 15) is 0 Å². The summed E-state index contributed by atoms with van der Waals surface area (Å²) in [6, 6.07) is 10.3. The van der Waals surface area contributed by atoms with Gasteiger partial charge in [0.1, 0.15) is 0 Å². The minimum atomic E-state index is 0. The van der Waals surface area contributed by atoms with E-state index in [4.69, 9.17) is 0 Å². The lowest BCUT2D eigenvalue weighted by Gasteiger charge is -2.12. The molecular formula is C16H20IN5S. The van der Waals surface area contributed by atoms with Crippen molar-refractivity contribution in [2.45, 2.75) is 13.1 Å². The molecule has 0 radical (unpaired) electrons. The Bertz CT molecular complexity index is 751. The molecule has 0 spiro atoms. The molecule has 0 amide bonds. The first kappa shape index (κ1) is 17.7. The average molecular weight is 441 g/mol. The van der Waals surface area contributed by atoms with Crippen LogP contribution >= 0.6 is 35.3 Å². The van der Waals surface area contributed by atoms with Gasteiger partial charge in [-0.2, -0.15) is 11.3 Å². The van der Waals surface area contributed by atoms with Crippen LogP contribution in [0, 0.1) is 0 Å². The van der Waals surface area contributed by atoms with Gasteiger partial charge in [-0.1, -0.05) is 12.1 Å². The van der Waals surface area contributed by atoms with Crippen molar-refractivity contribution >= 4 is 52.3 Å². The van der Waals surface area contributed by atoms with Gasteiger partial charge < -0.3 is 15.2 Å². The number of benzene rings is 1. The number of para-hydroxylation sites is 2. The maximum absolute atomic E-state index is 4.40. The molecule has 23 heavy (non-hydrogen) atoms. The van der Waals surface area contributed by atoms with Gasteiger partial charge in [0.15, 0.2) is 5.96 Å². The number of nitrogens with zero attached hydrogens (tertiary/aromatic N) is 3. The monoisotopic (exact) mass is 441 g/mol. The van der Waals surface area contributed by atoms with Crippen molar-refractivity contribution in [3.8, 4) is 0 Å². The van der Waals surface area contributed by atoms with Crippen LogP contribution in [0.1, 0.15) is 5.56 Å². The molecule has 0 aliphatic carbocycles. The molecule has 122 valence electrons. The zero-order chi connectivity index (χ0) is 15.2. The summed E-state index contributed by atoms with van der Waals surface area (Å²) >= 11 is 1.71. The number of nitrogens with one attached hydrogen (secondary N) is 2. The smallest absolute Gasteiger partial charge is 0.191 e. The minimum absolute atomic E-state index is 0. The molecule has 0 unspecified atom stereocenters. The summed E-state index contributed by atoms with van der Waals surface area (Å²) in [7, 11) is 1.79. The van der Waals surface area contributed by atoms with E-state index in [0.717, 1.165) is 36.6 Å². The van der Waals surface area contributed by atoms with Gasteiger partial charge >= 0.3 is 0 Å². The lowest BCUT2D eigenvalue weighted by atomic mass is 10.3. The zero-order valence-electron chi connectivity index (χ0n) is 12.9. The summed E-state index contributed by atoms with van der Waals surface area (Å²) in [5.41, 5.74) is 3.46. The van der Waals surface area contributed by atoms with Crippen LogP contribution < -0.4 is 10.6 Å². The van der Waals surface area contributed by atoms with Crippen molar-refractivity contribution in [1.82, 2.24) is 20.2 Å². The van der Waals surface area contributed by atoms with Gasteiger partial charge in [-0.05, 0) is 34.5 Å². The number of imidazole rings is 1. The molecule has 3 rings (SSSR count). The van der Waals surface area contributed by atoms with E-state index in [1.165, 1.54) is 5.56 Å². The first-order valence-corrected chi connectivity index (χ1v) is 8.16. The summed E-state index contributed by atoms with van der Waals surface area (Å²) in [6.07, 6.45) is 1.88. The van der Waals surface area contributed by atoms with Crippen LogP contribution in [0.15, 0.2) is 52.4 Å². The summed E-state index contributed by atoms with van der Waals surface area (Å²) < 4.78 is 2.15. The molecule has 5 nitrogen and oxygen atoms in total. The van der Waals surface area contributed by atoms with Crippen LogP contribution in [0.5, 0.6) is 0 Å². The molecule has 3 aromatic rings. The third-order valence-corrected chi connectivity index (χ3v) is 4.17. The van der Waals surface area contributed by atoms with E-state index in [1.54, 1.807) is 18.4 Å². The van der Waals surface area contributed by atoms with Crippen molar-refractivity contribution in [3.63, 3.8) is 0 Å². The van der Waals surface area contributed by atoms with Crippen molar-refractivity contribution in [3.05, 3.63) is 53.0 Å². The van der Waals surface area contributed by atoms with Gasteiger partial charge in [-0.25, -0.2) is 4.98 Å². The third kappa shape index (κ3) is 4.68. The normalized spacial score (nSPS) is 11.3. The SMILES string of the molecule is CN=C(NCCn1cnc2ccccc21)NCc1ccsc1.I. The Morgan fingerprint density at radius 3 is 2.91 bits per heavy atom. The second-order valence-electron chi connectivity index (χ2n) is 4.91. The first-order chi connectivity index (χ1) is 10.9. The second kappa shape index (κ2) is 8.88. The van der Waals surface area contributed by atoms with E-state index < -0.39 is 0 Å². The molecule has 1 aromatic carbocycles. The number of guanidine groups is 1. The lowest BCUT2D eigenvalue weighted by molar-refractivity contribution is 0.676. The molecule has 7 heteroatoms. The number of fused-ring (bicyclic) bond motifs is 1. The number of halogens is 1. The Balaban J connectivity index is 0.00000192. The molecule has 0 aliphatic heterocycles. The summed E-state index contributed by atoms with van der Waals surface area (Å²) in [5, 5.41) is 10.9. The molecule has 2 heterocycles. The fourth-order valence-electron chi connectivity index (χ4n) is 2.28. The predicted octanol–water partition coefficient (Wildman–Crippen LogP) is 3.08. The largest absolute Gasteiger partial charge is 0.355 e. The van der Waals surface area contributed by atoms with E-state index in [0.29, 0.717) is 0 Å². The molecule has 0 fully saturated rings. The Hall–Kier alpha value is -1.61. The summed E-state index contributed by atoms with van der Waals surface area (Å²) in [5.74, 6) is 0.815. The van der Waals surface area contributed by atoms with Crippen LogP contribution in [-0.4, -0.2) is 29.1 Å². The number of aliphatic imine (C=N–C) groups is 1. The topological polar surface area (TPSA) is 54.2 Å². The Morgan fingerprint density at radius 1 is 1.26 bits per heavy atom. The van der Waals surface area contributed by atoms with Crippen LogP contribution in [0.25, 0.3) is 11.0 Å². The van der Waals surface area contributed by atoms with E-state index in [-0.39, 0.29) is 24.0 Å². The minimum Gasteiger partial charge on any atom is -0.355 e. The molecule has 2 aromatic heterocycles. The Kier molecular flexibility index (Phi) is 6.85. The maximum Gasteiger partial charge on any atom is 0.191 e. The molecule has 0 saturated heterocycles. The lowest BCUT2D eigenvalue weighted by Crippen LogP contribution is -2.38. The predicted molar refractivity (Wildman–Crippen MR) is 108 cm³/mol. The fraction of sp³-hybridized carbons (Fsp3) is 0.250. The quantitative estimate of drug-likeness (QED) is 0.364. The van der Waals surface area contributed by atoms with Crippen molar-refractivity contribution < 1.29 is 0 Å². The number of hydrogen-bond donors (Lipinski definition) is 2. The highest BCUT2D eigenvalue weighted by molar-refractivity contribution is 14.0. The fourth-order valence-corrected chi connectivity index (χ4v) is 2.95. The maximum atomic E-state index is 4.40. The molecule has 2 N–H and O–H groups in total. The number of hydrogen-bond acceptors (Lipinski definition) is 3. The van der Waals surface area contributed by atoms with Crippen molar-refractivity contribution in [2.75, 3.05) is 13.6 Å². The van der Waals surface area contributed by atoms with Crippen LogP contribution in [0.3, 0.4) is 0 Å². The molecule has 0 saturated carbocycles. The number of thiophene rings is 1. The molecule has 0 atom stereocenters. The highest BCUT2D eigenvalue weighted by atomic mass is 127.